The molecular weight excluding hydrogens is 310 g/mol. The van der Waals surface area contributed by atoms with E-state index in [0.29, 0.717) is 5.56 Å². The predicted molar refractivity (Wildman–Crippen MR) is 105 cm³/mol. The number of nitrogens with zero attached hydrogens (tertiary/aromatic N) is 1. The van der Waals surface area contributed by atoms with Gasteiger partial charge in [0.1, 0.15) is 0 Å². The smallest absolute Gasteiger partial charge is 0.258 e. The van der Waals surface area contributed by atoms with Gasteiger partial charge in [-0.2, -0.15) is 0 Å². The minimum atomic E-state index is -0.256. The number of rotatable bonds is 10. The summed E-state index contributed by atoms with van der Waals surface area (Å²) in [4.78, 5) is 11.3. The van der Waals surface area contributed by atoms with Crippen LogP contribution in [-0.4, -0.2) is 4.92 Å². The molecule has 3 nitrogen and oxygen atoms in total. The summed E-state index contributed by atoms with van der Waals surface area (Å²) in [7, 11) is 0. The highest BCUT2D eigenvalue weighted by Gasteiger charge is 2.16. The van der Waals surface area contributed by atoms with Gasteiger partial charge in [0, 0.05) is 6.07 Å². The zero-order valence-corrected chi connectivity index (χ0v) is 15.5. The van der Waals surface area contributed by atoms with Crippen molar-refractivity contribution in [1.29, 1.82) is 0 Å². The maximum absolute atomic E-state index is 11.5. The molecule has 0 amide bonds. The molecule has 0 bridgehead atoms. The van der Waals surface area contributed by atoms with Gasteiger partial charge in [-0.15, -0.1) is 0 Å². The Hall–Kier alpha value is -2.16. The third kappa shape index (κ3) is 5.70. The first-order chi connectivity index (χ1) is 12.2. The van der Waals surface area contributed by atoms with Gasteiger partial charge in [0.05, 0.1) is 10.5 Å². The van der Waals surface area contributed by atoms with Crippen LogP contribution in [0.15, 0.2) is 42.5 Å². The fourth-order valence-electron chi connectivity index (χ4n) is 3.14. The van der Waals surface area contributed by atoms with Crippen molar-refractivity contribution in [3.8, 4) is 11.1 Å². The van der Waals surface area contributed by atoms with Crippen molar-refractivity contribution in [2.75, 3.05) is 0 Å². The molecular formula is C22H29NO2. The molecule has 0 unspecified atom stereocenters. The minimum Gasteiger partial charge on any atom is -0.258 e. The average molecular weight is 339 g/mol. The van der Waals surface area contributed by atoms with Crippen LogP contribution in [0.5, 0.6) is 0 Å². The number of hydrogen-bond acceptors (Lipinski definition) is 2. The summed E-state index contributed by atoms with van der Waals surface area (Å²) >= 11 is 0. The third-order valence-electron chi connectivity index (χ3n) is 4.66. The Morgan fingerprint density at radius 3 is 1.92 bits per heavy atom. The van der Waals surface area contributed by atoms with E-state index in [1.54, 1.807) is 6.07 Å². The lowest BCUT2D eigenvalue weighted by atomic mass is 9.97. The number of unbranched alkanes of at least 4 members (excludes halogenated alkanes) is 4. The Balaban J connectivity index is 2.18. The fourth-order valence-corrected chi connectivity index (χ4v) is 3.14. The van der Waals surface area contributed by atoms with E-state index in [2.05, 4.69) is 26.0 Å². The third-order valence-corrected chi connectivity index (χ3v) is 4.66. The van der Waals surface area contributed by atoms with E-state index >= 15 is 0 Å². The number of benzene rings is 2. The maximum atomic E-state index is 11.5. The zero-order chi connectivity index (χ0) is 18.1. The lowest BCUT2D eigenvalue weighted by molar-refractivity contribution is -0.384. The topological polar surface area (TPSA) is 43.1 Å². The molecule has 0 spiro atoms. The summed E-state index contributed by atoms with van der Waals surface area (Å²) in [6.07, 6.45) is 9.04. The Kier molecular flexibility index (Phi) is 7.65. The van der Waals surface area contributed by atoms with Gasteiger partial charge in [0.2, 0.25) is 0 Å². The Labute approximate surface area is 151 Å². The Bertz CT molecular complexity index is 677. The first-order valence-electron chi connectivity index (χ1n) is 9.52. The lowest BCUT2D eigenvalue weighted by Gasteiger charge is -2.08. The van der Waals surface area contributed by atoms with Gasteiger partial charge in [-0.1, -0.05) is 69.9 Å². The molecule has 3 heteroatoms. The number of hydrogen-bond donors (Lipinski definition) is 0. The summed E-state index contributed by atoms with van der Waals surface area (Å²) in [6.45, 7) is 4.37. The molecule has 0 saturated heterocycles. The molecule has 134 valence electrons. The second-order valence-corrected chi connectivity index (χ2v) is 6.72. The van der Waals surface area contributed by atoms with Crippen molar-refractivity contribution in [3.05, 3.63) is 63.7 Å². The van der Waals surface area contributed by atoms with E-state index in [1.165, 1.54) is 24.8 Å². The molecule has 0 atom stereocenters. The number of nitro groups is 1. The van der Waals surface area contributed by atoms with Crippen molar-refractivity contribution in [1.82, 2.24) is 0 Å². The summed E-state index contributed by atoms with van der Waals surface area (Å²) in [5.74, 6) is 0. The summed E-state index contributed by atoms with van der Waals surface area (Å²) in [5.41, 5.74) is 4.21. The SMILES string of the molecule is CCCCCc1ccc(-c2ccc(CCCCC)cc2[N+](=O)[O-])cc1. The number of aryl methyl sites for hydroxylation is 2. The van der Waals surface area contributed by atoms with Gasteiger partial charge < -0.3 is 0 Å². The van der Waals surface area contributed by atoms with Gasteiger partial charge in [0.15, 0.2) is 0 Å². The molecule has 0 aliphatic heterocycles. The van der Waals surface area contributed by atoms with Crippen LogP contribution in [0.1, 0.15) is 63.5 Å². The van der Waals surface area contributed by atoms with Crippen LogP contribution >= 0.6 is 0 Å². The standard InChI is InChI=1S/C22H29NO2/c1-3-5-7-9-18-11-14-20(15-12-18)21-16-13-19(10-8-6-4-2)17-22(21)23(24)25/h11-17H,3-10H2,1-2H3. The highest BCUT2D eigenvalue weighted by Crippen LogP contribution is 2.31. The predicted octanol–water partition coefficient (Wildman–Crippen LogP) is 6.73. The minimum absolute atomic E-state index is 0.215. The van der Waals surface area contributed by atoms with Crippen LogP contribution in [0.25, 0.3) is 11.1 Å². The highest BCUT2D eigenvalue weighted by atomic mass is 16.6. The van der Waals surface area contributed by atoms with Crippen LogP contribution in [0.4, 0.5) is 5.69 Å². The molecule has 0 aromatic heterocycles. The van der Waals surface area contributed by atoms with Gasteiger partial charge in [-0.25, -0.2) is 0 Å². The summed E-state index contributed by atoms with van der Waals surface area (Å²) in [6, 6.07) is 13.9. The molecule has 0 radical (unpaired) electrons. The van der Waals surface area contributed by atoms with Crippen molar-refractivity contribution < 1.29 is 4.92 Å². The molecule has 0 N–H and O–H groups in total. The number of nitro benzene ring substituents is 1. The van der Waals surface area contributed by atoms with E-state index in [-0.39, 0.29) is 10.6 Å². The Morgan fingerprint density at radius 1 is 0.800 bits per heavy atom. The lowest BCUT2D eigenvalue weighted by Crippen LogP contribution is -1.95. The van der Waals surface area contributed by atoms with E-state index < -0.39 is 0 Å². The van der Waals surface area contributed by atoms with E-state index in [1.807, 2.05) is 24.3 Å². The molecule has 0 fully saturated rings. The zero-order valence-electron chi connectivity index (χ0n) is 15.5. The van der Waals surface area contributed by atoms with Crippen LogP contribution < -0.4 is 0 Å². The van der Waals surface area contributed by atoms with Gasteiger partial charge in [0.25, 0.3) is 5.69 Å². The van der Waals surface area contributed by atoms with E-state index in [0.717, 1.165) is 43.2 Å². The van der Waals surface area contributed by atoms with Gasteiger partial charge in [-0.3, -0.25) is 10.1 Å². The van der Waals surface area contributed by atoms with Crippen molar-refractivity contribution in [2.45, 2.75) is 65.2 Å². The second kappa shape index (κ2) is 9.97. The first kappa shape index (κ1) is 19.2. The van der Waals surface area contributed by atoms with E-state index in [9.17, 15) is 10.1 Å². The molecule has 0 aliphatic rings. The fraction of sp³-hybridized carbons (Fsp3) is 0.455. The van der Waals surface area contributed by atoms with E-state index in [4.69, 9.17) is 0 Å². The molecule has 2 aromatic carbocycles. The largest absolute Gasteiger partial charge is 0.277 e. The molecule has 25 heavy (non-hydrogen) atoms. The summed E-state index contributed by atoms with van der Waals surface area (Å²) < 4.78 is 0. The first-order valence-corrected chi connectivity index (χ1v) is 9.52. The molecule has 0 heterocycles. The second-order valence-electron chi connectivity index (χ2n) is 6.72. The van der Waals surface area contributed by atoms with Gasteiger partial charge >= 0.3 is 0 Å². The maximum Gasteiger partial charge on any atom is 0.277 e. The quantitative estimate of drug-likeness (QED) is 0.274. The van der Waals surface area contributed by atoms with Crippen molar-refractivity contribution in [3.63, 3.8) is 0 Å². The molecule has 0 saturated carbocycles. The van der Waals surface area contributed by atoms with Crippen molar-refractivity contribution >= 4 is 5.69 Å². The molecule has 2 aromatic rings. The van der Waals surface area contributed by atoms with Crippen molar-refractivity contribution in [2.24, 2.45) is 0 Å². The summed E-state index contributed by atoms with van der Waals surface area (Å²) in [5, 5.41) is 11.5. The highest BCUT2D eigenvalue weighted by molar-refractivity contribution is 5.74. The van der Waals surface area contributed by atoms with Crippen LogP contribution in [0.2, 0.25) is 0 Å². The van der Waals surface area contributed by atoms with Crippen LogP contribution in [0.3, 0.4) is 0 Å². The normalized spacial score (nSPS) is 10.8. The molecule has 0 aliphatic carbocycles. The van der Waals surface area contributed by atoms with Gasteiger partial charge in [-0.05, 0) is 48.4 Å². The van der Waals surface area contributed by atoms with Crippen LogP contribution in [0, 0.1) is 10.1 Å². The monoisotopic (exact) mass is 339 g/mol. The Morgan fingerprint density at radius 2 is 1.36 bits per heavy atom. The molecule has 2 rings (SSSR count). The van der Waals surface area contributed by atoms with Crippen LogP contribution in [-0.2, 0) is 12.8 Å². The average Bonchev–Trinajstić information content (AvgIpc) is 2.63.